The van der Waals surface area contributed by atoms with Crippen molar-refractivity contribution in [3.63, 3.8) is 0 Å². The van der Waals surface area contributed by atoms with E-state index >= 15 is 0 Å². The van der Waals surface area contributed by atoms with Crippen LogP contribution in [0.3, 0.4) is 0 Å². The fourth-order valence-electron chi connectivity index (χ4n) is 2.83. The second kappa shape index (κ2) is 9.30. The van der Waals surface area contributed by atoms with Crippen molar-refractivity contribution in [2.75, 3.05) is 19.7 Å². The summed E-state index contributed by atoms with van der Waals surface area (Å²) in [5, 5.41) is 8.83. The van der Waals surface area contributed by atoms with Crippen molar-refractivity contribution in [2.24, 2.45) is 5.92 Å². The third kappa shape index (κ3) is 5.67. The molecule has 1 aliphatic rings. The quantitative estimate of drug-likeness (QED) is 0.819. The number of aliphatic hydroxyl groups excluding tert-OH is 1. The van der Waals surface area contributed by atoms with E-state index in [1.807, 2.05) is 30.3 Å². The van der Waals surface area contributed by atoms with Crippen molar-refractivity contribution in [1.29, 1.82) is 0 Å². The topological polar surface area (TPSA) is 66.8 Å². The van der Waals surface area contributed by atoms with Crippen molar-refractivity contribution in [3.8, 4) is 0 Å². The molecule has 1 amide bonds. The van der Waals surface area contributed by atoms with Crippen LogP contribution < -0.4 is 0 Å². The highest BCUT2D eigenvalue weighted by atomic mass is 16.6. The zero-order valence-electron chi connectivity index (χ0n) is 13.4. The number of aliphatic hydroxyl groups is 1. The van der Waals surface area contributed by atoms with E-state index in [1.54, 1.807) is 4.90 Å². The second-order valence-corrected chi connectivity index (χ2v) is 5.95. The third-order valence-electron chi connectivity index (χ3n) is 4.25. The molecule has 1 atom stereocenters. The van der Waals surface area contributed by atoms with Gasteiger partial charge in [-0.3, -0.25) is 4.79 Å². The standard InChI is InChI=1S/C18H25NO4/c20-13-5-4-8-16-9-11-19(12-10-17(16)21)18(22)23-14-15-6-2-1-3-7-15/h1-3,6-7,16,20H,4-5,8-14H2. The zero-order valence-corrected chi connectivity index (χ0v) is 13.4. The highest BCUT2D eigenvalue weighted by molar-refractivity contribution is 5.82. The lowest BCUT2D eigenvalue weighted by Crippen LogP contribution is -2.32. The SMILES string of the molecule is O=C1CCN(C(=O)OCc2ccccc2)CCC1CCCCO. The first-order chi connectivity index (χ1) is 11.2. The van der Waals surface area contributed by atoms with Crippen molar-refractivity contribution >= 4 is 11.9 Å². The highest BCUT2D eigenvalue weighted by Crippen LogP contribution is 2.20. The number of hydrogen-bond acceptors (Lipinski definition) is 4. The molecule has 1 aromatic rings. The van der Waals surface area contributed by atoms with Gasteiger partial charge in [-0.15, -0.1) is 0 Å². The van der Waals surface area contributed by atoms with Crippen molar-refractivity contribution < 1.29 is 19.4 Å². The van der Waals surface area contributed by atoms with E-state index in [9.17, 15) is 9.59 Å². The average Bonchev–Trinajstić information content (AvgIpc) is 2.76. The predicted octanol–water partition coefficient (Wildman–Crippen LogP) is 2.77. The Labute approximate surface area is 137 Å². The molecule has 0 bridgehead atoms. The van der Waals surface area contributed by atoms with Gasteiger partial charge < -0.3 is 14.7 Å². The number of hydrogen-bond donors (Lipinski definition) is 1. The van der Waals surface area contributed by atoms with E-state index in [0.717, 1.165) is 24.8 Å². The lowest BCUT2D eigenvalue weighted by Gasteiger charge is -2.19. The summed E-state index contributed by atoms with van der Waals surface area (Å²) >= 11 is 0. The van der Waals surface area contributed by atoms with Gasteiger partial charge in [0.2, 0.25) is 0 Å². The molecule has 5 heteroatoms. The van der Waals surface area contributed by atoms with Crippen molar-refractivity contribution in [3.05, 3.63) is 35.9 Å². The van der Waals surface area contributed by atoms with E-state index < -0.39 is 0 Å². The maximum Gasteiger partial charge on any atom is 0.410 e. The first kappa shape index (κ1) is 17.5. The van der Waals surface area contributed by atoms with Crippen LogP contribution in [0, 0.1) is 5.92 Å². The maximum absolute atomic E-state index is 12.2. The lowest BCUT2D eigenvalue weighted by atomic mass is 9.93. The highest BCUT2D eigenvalue weighted by Gasteiger charge is 2.26. The molecule has 1 aromatic carbocycles. The summed E-state index contributed by atoms with van der Waals surface area (Å²) in [6, 6.07) is 9.56. The number of Topliss-reactive ketones (excluding diaryl/α,β-unsaturated/α-hetero) is 1. The van der Waals surface area contributed by atoms with Gasteiger partial charge in [-0.2, -0.15) is 0 Å². The molecular weight excluding hydrogens is 294 g/mol. The fourth-order valence-corrected chi connectivity index (χ4v) is 2.83. The van der Waals surface area contributed by atoms with Crippen LogP contribution in [0.15, 0.2) is 30.3 Å². The normalized spacial score (nSPS) is 18.6. The molecule has 23 heavy (non-hydrogen) atoms. The average molecular weight is 319 g/mol. The first-order valence-corrected chi connectivity index (χ1v) is 8.30. The largest absolute Gasteiger partial charge is 0.445 e. The Hall–Kier alpha value is -1.88. The van der Waals surface area contributed by atoms with Crippen LogP contribution in [0.4, 0.5) is 4.79 Å². The van der Waals surface area contributed by atoms with Gasteiger partial charge in [-0.25, -0.2) is 4.79 Å². The summed E-state index contributed by atoms with van der Waals surface area (Å²) in [5.41, 5.74) is 0.952. The number of ether oxygens (including phenoxy) is 1. The minimum absolute atomic E-state index is 0.00785. The first-order valence-electron chi connectivity index (χ1n) is 8.30. The van der Waals surface area contributed by atoms with Crippen molar-refractivity contribution in [2.45, 2.75) is 38.7 Å². The number of carbonyl (C=O) groups is 2. The molecule has 126 valence electrons. The molecule has 5 nitrogen and oxygen atoms in total. The van der Waals surface area contributed by atoms with Crippen LogP contribution in [0.1, 0.15) is 37.7 Å². The molecule has 0 aromatic heterocycles. The van der Waals surface area contributed by atoms with E-state index in [2.05, 4.69) is 0 Å². The number of unbranched alkanes of at least 4 members (excludes halogenated alkanes) is 1. The molecule has 1 saturated heterocycles. The minimum Gasteiger partial charge on any atom is -0.445 e. The number of carbonyl (C=O) groups excluding carboxylic acids is 2. The Morgan fingerprint density at radius 2 is 2.00 bits per heavy atom. The van der Waals surface area contributed by atoms with Crippen molar-refractivity contribution in [1.82, 2.24) is 4.90 Å². The van der Waals surface area contributed by atoms with Crippen LogP contribution in [0.25, 0.3) is 0 Å². The van der Waals surface area contributed by atoms with Crippen LogP contribution in [0.5, 0.6) is 0 Å². The number of ketones is 1. The summed E-state index contributed by atoms with van der Waals surface area (Å²) in [6.07, 6.45) is 3.11. The molecule has 0 radical (unpaired) electrons. The Kier molecular flexibility index (Phi) is 7.07. The molecule has 0 spiro atoms. The van der Waals surface area contributed by atoms with E-state index in [4.69, 9.17) is 9.84 Å². The predicted molar refractivity (Wildman–Crippen MR) is 86.9 cm³/mol. The number of benzene rings is 1. The minimum atomic E-state index is -0.349. The Bertz CT molecular complexity index is 503. The number of nitrogens with zero attached hydrogens (tertiary/aromatic N) is 1. The van der Waals surface area contributed by atoms with Crippen LogP contribution >= 0.6 is 0 Å². The Morgan fingerprint density at radius 1 is 1.22 bits per heavy atom. The summed E-state index contributed by atoms with van der Waals surface area (Å²) in [5.74, 6) is 0.231. The molecule has 1 N–H and O–H groups in total. The van der Waals surface area contributed by atoms with Crippen LogP contribution in [-0.2, 0) is 16.1 Å². The Morgan fingerprint density at radius 3 is 2.74 bits per heavy atom. The van der Waals surface area contributed by atoms with Gasteiger partial charge in [-0.1, -0.05) is 36.8 Å². The van der Waals surface area contributed by atoms with Crippen LogP contribution in [0.2, 0.25) is 0 Å². The molecule has 2 rings (SSSR count). The summed E-state index contributed by atoms with van der Waals surface area (Å²) < 4.78 is 5.33. The van der Waals surface area contributed by atoms with Gasteiger partial charge in [0.1, 0.15) is 12.4 Å². The third-order valence-corrected chi connectivity index (χ3v) is 4.25. The number of amides is 1. The molecule has 1 unspecified atom stereocenters. The van der Waals surface area contributed by atoms with Gasteiger partial charge in [-0.05, 0) is 24.8 Å². The maximum atomic E-state index is 12.2. The summed E-state index contributed by atoms with van der Waals surface area (Å²) in [6.45, 7) is 1.41. The molecule has 0 saturated carbocycles. The van der Waals surface area contributed by atoms with Gasteiger partial charge in [0.25, 0.3) is 0 Å². The zero-order chi connectivity index (χ0) is 16.5. The van der Waals surface area contributed by atoms with E-state index in [0.29, 0.717) is 25.9 Å². The molecule has 1 fully saturated rings. The lowest BCUT2D eigenvalue weighted by molar-refractivity contribution is -0.122. The summed E-state index contributed by atoms with van der Waals surface area (Å²) in [4.78, 5) is 25.9. The Balaban J connectivity index is 1.79. The number of rotatable bonds is 6. The molecule has 1 heterocycles. The second-order valence-electron chi connectivity index (χ2n) is 5.95. The molecule has 1 aliphatic heterocycles. The summed E-state index contributed by atoms with van der Waals surface area (Å²) in [7, 11) is 0. The monoisotopic (exact) mass is 319 g/mol. The van der Waals surface area contributed by atoms with Crippen LogP contribution in [-0.4, -0.2) is 41.6 Å². The van der Waals surface area contributed by atoms with E-state index in [1.165, 1.54) is 0 Å². The van der Waals surface area contributed by atoms with E-state index in [-0.39, 0.29) is 31.0 Å². The van der Waals surface area contributed by atoms with Gasteiger partial charge in [0.15, 0.2) is 0 Å². The van der Waals surface area contributed by atoms with Gasteiger partial charge in [0, 0.05) is 32.0 Å². The van der Waals surface area contributed by atoms with Gasteiger partial charge >= 0.3 is 6.09 Å². The smallest absolute Gasteiger partial charge is 0.410 e. The van der Waals surface area contributed by atoms with Gasteiger partial charge in [0.05, 0.1) is 0 Å². The number of likely N-dealkylation sites (tertiary alicyclic amines) is 1. The molecule has 0 aliphatic carbocycles. The molecular formula is C18H25NO4. The fraction of sp³-hybridized carbons (Fsp3) is 0.556.